The Labute approximate surface area is 96.3 Å². The molecular weight excluding hydrogens is 204 g/mol. The van der Waals surface area contributed by atoms with Gasteiger partial charge in [0.1, 0.15) is 5.82 Å². The third kappa shape index (κ3) is 2.82. The largest absolute Gasteiger partial charge is 0.338 e. The number of amides is 1. The van der Waals surface area contributed by atoms with Crippen LogP contribution in [0.15, 0.2) is 12.4 Å². The molecule has 0 aliphatic heterocycles. The molecule has 0 saturated heterocycles. The maximum Gasteiger partial charge on any atom is 0.227 e. The van der Waals surface area contributed by atoms with Crippen LogP contribution in [0.1, 0.15) is 19.7 Å². The maximum absolute atomic E-state index is 11.9. The van der Waals surface area contributed by atoms with Gasteiger partial charge >= 0.3 is 0 Å². The van der Waals surface area contributed by atoms with E-state index in [0.717, 1.165) is 5.82 Å². The van der Waals surface area contributed by atoms with Gasteiger partial charge in [0.25, 0.3) is 0 Å². The van der Waals surface area contributed by atoms with Gasteiger partial charge in [0.2, 0.25) is 5.91 Å². The third-order valence-electron chi connectivity index (χ3n) is 2.85. The minimum Gasteiger partial charge on any atom is -0.338 e. The van der Waals surface area contributed by atoms with Crippen LogP contribution in [-0.4, -0.2) is 33.4 Å². The van der Waals surface area contributed by atoms with Crippen LogP contribution in [0.4, 0.5) is 0 Å². The second-order valence-corrected chi connectivity index (χ2v) is 4.30. The molecule has 1 aromatic heterocycles. The van der Waals surface area contributed by atoms with Crippen molar-refractivity contribution in [1.29, 1.82) is 0 Å². The molecule has 0 spiro atoms. The summed E-state index contributed by atoms with van der Waals surface area (Å²) < 4.78 is 1.90. The van der Waals surface area contributed by atoms with Crippen molar-refractivity contribution in [2.75, 3.05) is 7.05 Å². The van der Waals surface area contributed by atoms with E-state index in [1.807, 2.05) is 31.7 Å². The van der Waals surface area contributed by atoms with Gasteiger partial charge in [-0.3, -0.25) is 4.79 Å². The molecule has 1 aromatic rings. The number of hydrogen-bond acceptors (Lipinski definition) is 3. The molecule has 90 valence electrons. The van der Waals surface area contributed by atoms with Crippen molar-refractivity contribution in [2.45, 2.75) is 26.4 Å². The number of nitrogens with two attached hydrogens (primary N) is 1. The first-order valence-corrected chi connectivity index (χ1v) is 5.40. The van der Waals surface area contributed by atoms with Crippen LogP contribution in [0.25, 0.3) is 0 Å². The number of nitrogens with zero attached hydrogens (tertiary/aromatic N) is 3. The minimum atomic E-state index is -0.162. The average molecular weight is 224 g/mol. The Morgan fingerprint density at radius 1 is 1.62 bits per heavy atom. The number of carbonyl (C=O) groups excluding carboxylic acids is 1. The minimum absolute atomic E-state index is 0.0537. The maximum atomic E-state index is 11.9. The molecule has 2 atom stereocenters. The van der Waals surface area contributed by atoms with Crippen LogP contribution < -0.4 is 5.73 Å². The van der Waals surface area contributed by atoms with Crippen molar-refractivity contribution in [1.82, 2.24) is 14.5 Å². The lowest BCUT2D eigenvalue weighted by atomic mass is 10.0. The average Bonchev–Trinajstić information content (AvgIpc) is 2.62. The molecule has 1 heterocycles. The highest BCUT2D eigenvalue weighted by Crippen LogP contribution is 2.07. The summed E-state index contributed by atoms with van der Waals surface area (Å²) in [5, 5.41) is 0. The van der Waals surface area contributed by atoms with Crippen LogP contribution in [0.3, 0.4) is 0 Å². The Bertz CT molecular complexity index is 359. The Hall–Kier alpha value is -1.36. The second-order valence-electron chi connectivity index (χ2n) is 4.30. The first-order valence-electron chi connectivity index (χ1n) is 5.40. The SMILES string of the molecule is CC(N)C(C)C(=O)N(C)Cc1nccn1C. The molecule has 0 radical (unpaired) electrons. The van der Waals surface area contributed by atoms with Crippen molar-refractivity contribution in [2.24, 2.45) is 18.7 Å². The number of hydrogen-bond donors (Lipinski definition) is 1. The Kier molecular flexibility index (Phi) is 4.06. The molecule has 0 aliphatic carbocycles. The topological polar surface area (TPSA) is 64.2 Å². The number of aryl methyl sites for hydroxylation is 1. The first-order chi connectivity index (χ1) is 7.43. The molecule has 5 nitrogen and oxygen atoms in total. The van der Waals surface area contributed by atoms with Gasteiger partial charge in [0.15, 0.2) is 0 Å². The summed E-state index contributed by atoms with van der Waals surface area (Å²) in [5.41, 5.74) is 5.71. The van der Waals surface area contributed by atoms with Crippen molar-refractivity contribution in [3.63, 3.8) is 0 Å². The Morgan fingerprint density at radius 3 is 2.69 bits per heavy atom. The number of carbonyl (C=O) groups is 1. The van der Waals surface area contributed by atoms with Gasteiger partial charge in [-0.05, 0) is 6.92 Å². The van der Waals surface area contributed by atoms with E-state index in [4.69, 9.17) is 5.73 Å². The fourth-order valence-corrected chi connectivity index (χ4v) is 1.41. The van der Waals surface area contributed by atoms with Crippen molar-refractivity contribution in [3.05, 3.63) is 18.2 Å². The summed E-state index contributed by atoms with van der Waals surface area (Å²) >= 11 is 0. The van der Waals surface area contributed by atoms with Gasteiger partial charge in [-0.25, -0.2) is 4.98 Å². The molecule has 2 unspecified atom stereocenters. The standard InChI is InChI=1S/C11H20N4O/c1-8(9(2)12)11(16)15(4)7-10-13-5-6-14(10)3/h5-6,8-9H,7,12H2,1-4H3. The normalized spacial score (nSPS) is 14.6. The summed E-state index contributed by atoms with van der Waals surface area (Å²) in [5.74, 6) is 0.760. The van der Waals surface area contributed by atoms with E-state index < -0.39 is 0 Å². The van der Waals surface area contributed by atoms with Gasteiger partial charge in [0.05, 0.1) is 12.5 Å². The van der Waals surface area contributed by atoms with Crippen molar-refractivity contribution < 1.29 is 4.79 Å². The second kappa shape index (κ2) is 5.12. The lowest BCUT2D eigenvalue weighted by Crippen LogP contribution is -2.39. The smallest absolute Gasteiger partial charge is 0.227 e. The van der Waals surface area contributed by atoms with E-state index in [-0.39, 0.29) is 17.9 Å². The van der Waals surface area contributed by atoms with Gasteiger partial charge in [-0.2, -0.15) is 0 Å². The van der Waals surface area contributed by atoms with Gasteiger partial charge < -0.3 is 15.2 Å². The lowest BCUT2D eigenvalue weighted by Gasteiger charge is -2.23. The molecule has 0 fully saturated rings. The zero-order valence-corrected chi connectivity index (χ0v) is 10.3. The zero-order chi connectivity index (χ0) is 12.3. The highest BCUT2D eigenvalue weighted by atomic mass is 16.2. The lowest BCUT2D eigenvalue weighted by molar-refractivity contribution is -0.134. The summed E-state index contributed by atoms with van der Waals surface area (Å²) in [4.78, 5) is 17.8. The summed E-state index contributed by atoms with van der Waals surface area (Å²) in [7, 11) is 3.69. The molecule has 0 aromatic carbocycles. The highest BCUT2D eigenvalue weighted by molar-refractivity contribution is 5.78. The molecule has 0 saturated carbocycles. The Morgan fingerprint density at radius 2 is 2.25 bits per heavy atom. The fraction of sp³-hybridized carbons (Fsp3) is 0.636. The van der Waals surface area contributed by atoms with E-state index in [2.05, 4.69) is 4.98 Å². The third-order valence-corrected chi connectivity index (χ3v) is 2.85. The molecule has 16 heavy (non-hydrogen) atoms. The van der Waals surface area contributed by atoms with Gasteiger partial charge in [-0.15, -0.1) is 0 Å². The highest BCUT2D eigenvalue weighted by Gasteiger charge is 2.21. The van der Waals surface area contributed by atoms with E-state index >= 15 is 0 Å². The predicted octanol–water partition coefficient (Wildman–Crippen LogP) is 0.362. The van der Waals surface area contributed by atoms with Crippen molar-refractivity contribution in [3.8, 4) is 0 Å². The molecule has 0 bridgehead atoms. The molecule has 2 N–H and O–H groups in total. The number of rotatable bonds is 4. The number of aromatic nitrogens is 2. The number of imidazole rings is 1. The molecule has 5 heteroatoms. The molecule has 1 amide bonds. The molecular formula is C11H20N4O. The summed E-state index contributed by atoms with van der Waals surface area (Å²) in [6.07, 6.45) is 3.59. The van der Waals surface area contributed by atoms with Gasteiger partial charge in [0, 0.05) is 32.5 Å². The van der Waals surface area contributed by atoms with Crippen LogP contribution in [0.5, 0.6) is 0 Å². The zero-order valence-electron chi connectivity index (χ0n) is 10.3. The van der Waals surface area contributed by atoms with E-state index in [1.54, 1.807) is 18.1 Å². The van der Waals surface area contributed by atoms with Crippen LogP contribution in [0.2, 0.25) is 0 Å². The van der Waals surface area contributed by atoms with Crippen molar-refractivity contribution >= 4 is 5.91 Å². The van der Waals surface area contributed by atoms with Gasteiger partial charge in [-0.1, -0.05) is 6.92 Å². The van der Waals surface area contributed by atoms with E-state index in [1.165, 1.54) is 0 Å². The predicted molar refractivity (Wildman–Crippen MR) is 62.5 cm³/mol. The summed E-state index contributed by atoms with van der Waals surface area (Å²) in [6.45, 7) is 4.21. The van der Waals surface area contributed by atoms with E-state index in [0.29, 0.717) is 6.54 Å². The Balaban J connectivity index is 2.62. The molecule has 0 aliphatic rings. The summed E-state index contributed by atoms with van der Waals surface area (Å²) in [6, 6.07) is -0.128. The van der Waals surface area contributed by atoms with Crippen LogP contribution in [-0.2, 0) is 18.4 Å². The first kappa shape index (κ1) is 12.7. The monoisotopic (exact) mass is 224 g/mol. The fourth-order valence-electron chi connectivity index (χ4n) is 1.41. The molecule has 1 rings (SSSR count). The quantitative estimate of drug-likeness (QED) is 0.803. The van der Waals surface area contributed by atoms with E-state index in [9.17, 15) is 4.79 Å². The van der Waals surface area contributed by atoms with Crippen LogP contribution in [0, 0.1) is 5.92 Å². The van der Waals surface area contributed by atoms with Crippen LogP contribution >= 0.6 is 0 Å².